The highest BCUT2D eigenvalue weighted by atomic mass is 16.5. The van der Waals surface area contributed by atoms with Gasteiger partial charge in [-0.3, -0.25) is 24.1 Å². The largest absolute Gasteiger partial charge is 0.455 e. The van der Waals surface area contributed by atoms with Crippen molar-refractivity contribution in [3.8, 4) is 0 Å². The fourth-order valence-corrected chi connectivity index (χ4v) is 5.02. The molecule has 28 heavy (non-hydrogen) atoms. The number of imide groups is 1. The molecule has 0 radical (unpaired) electrons. The van der Waals surface area contributed by atoms with Gasteiger partial charge in [-0.15, -0.1) is 0 Å². The number of esters is 1. The van der Waals surface area contributed by atoms with Crippen molar-refractivity contribution in [2.45, 2.75) is 65.1 Å². The normalized spacial score (nSPS) is 32.8. The minimum absolute atomic E-state index is 0.114. The molecule has 0 unspecified atom stereocenters. The number of rotatable bonds is 3. The molecule has 1 saturated carbocycles. The Hall–Kier alpha value is -2.28. The van der Waals surface area contributed by atoms with Crippen LogP contribution in [0.1, 0.15) is 53.4 Å². The molecule has 0 aromatic carbocycles. The fourth-order valence-electron chi connectivity index (χ4n) is 5.02. The van der Waals surface area contributed by atoms with Crippen LogP contribution < -0.4 is 0 Å². The summed E-state index contributed by atoms with van der Waals surface area (Å²) < 4.78 is 5.73. The highest BCUT2D eigenvalue weighted by molar-refractivity contribution is 6.09. The van der Waals surface area contributed by atoms with Crippen LogP contribution in [-0.4, -0.2) is 51.8 Å². The predicted octanol–water partition coefficient (Wildman–Crippen LogP) is 1.44. The van der Waals surface area contributed by atoms with Crippen LogP contribution in [0.3, 0.4) is 0 Å². The van der Waals surface area contributed by atoms with E-state index in [1.807, 2.05) is 20.8 Å². The topological polar surface area (TPSA) is 101 Å². The van der Waals surface area contributed by atoms with Crippen LogP contribution >= 0.6 is 0 Å². The Labute approximate surface area is 163 Å². The Kier molecular flexibility index (Phi) is 3.83. The van der Waals surface area contributed by atoms with Crippen LogP contribution in [0.2, 0.25) is 0 Å². The molecule has 1 aliphatic heterocycles. The van der Waals surface area contributed by atoms with Crippen molar-refractivity contribution >= 4 is 23.6 Å². The van der Waals surface area contributed by atoms with E-state index in [9.17, 15) is 24.3 Å². The third-order valence-corrected chi connectivity index (χ3v) is 6.93. The van der Waals surface area contributed by atoms with Crippen molar-refractivity contribution in [3.05, 3.63) is 22.8 Å². The minimum Gasteiger partial charge on any atom is -0.455 e. The van der Waals surface area contributed by atoms with Crippen LogP contribution in [0.4, 0.5) is 0 Å². The summed E-state index contributed by atoms with van der Waals surface area (Å²) in [5.74, 6) is -1.75. The summed E-state index contributed by atoms with van der Waals surface area (Å²) in [5.41, 5.74) is -0.728. The van der Waals surface area contributed by atoms with E-state index < -0.39 is 35.0 Å². The number of aliphatic hydroxyl groups is 1. The quantitative estimate of drug-likeness (QED) is 0.581. The van der Waals surface area contributed by atoms with Gasteiger partial charge in [0.05, 0.1) is 0 Å². The summed E-state index contributed by atoms with van der Waals surface area (Å²) in [6.45, 7) is 6.78. The maximum atomic E-state index is 13.0. The summed E-state index contributed by atoms with van der Waals surface area (Å²) in [5, 5.41) is 10.9. The maximum Gasteiger partial charge on any atom is 0.326 e. The zero-order valence-corrected chi connectivity index (χ0v) is 16.6. The zero-order chi connectivity index (χ0) is 20.6. The molecule has 1 N–H and O–H groups in total. The van der Waals surface area contributed by atoms with Crippen LogP contribution in [0.5, 0.6) is 0 Å². The number of nitrogens with zero attached hydrogens (tertiary/aromatic N) is 1. The van der Waals surface area contributed by atoms with Crippen LogP contribution in [0.25, 0.3) is 0 Å². The molecule has 4 aliphatic rings. The highest BCUT2D eigenvalue weighted by Gasteiger charge is 2.66. The molecule has 1 heterocycles. The molecular formula is C21H25NO6. The van der Waals surface area contributed by atoms with E-state index in [-0.39, 0.29) is 30.4 Å². The molecule has 2 amide bonds. The van der Waals surface area contributed by atoms with E-state index >= 15 is 0 Å². The summed E-state index contributed by atoms with van der Waals surface area (Å²) in [6.07, 6.45) is 2.73. The number of carbonyl (C=O) groups is 4. The van der Waals surface area contributed by atoms with Gasteiger partial charge in [0.15, 0.2) is 5.78 Å². The molecule has 1 saturated heterocycles. The number of amides is 2. The number of Topliss-reactive ketones (excluding diaryl/α,β-unsaturated/α-hetero) is 1. The lowest BCUT2D eigenvalue weighted by Gasteiger charge is -2.40. The zero-order valence-electron chi connectivity index (χ0n) is 16.6. The standard InChI is InChI=1S/C21H25NO6/c1-11-16-12(17(26)20(4,27)21(11)7-8-21)9-19(2,3)18(16)28-15(25)10-22-13(23)5-6-14(22)24/h9,18,27H,5-8,10H2,1-4H3/t18-,20+/m1/s1. The van der Waals surface area contributed by atoms with Crippen molar-refractivity contribution in [2.24, 2.45) is 10.8 Å². The van der Waals surface area contributed by atoms with Crippen LogP contribution in [-0.2, 0) is 23.9 Å². The first-order valence-electron chi connectivity index (χ1n) is 9.67. The van der Waals surface area contributed by atoms with E-state index in [1.165, 1.54) is 0 Å². The number of ether oxygens (including phenoxy) is 1. The number of ketones is 1. The van der Waals surface area contributed by atoms with Gasteiger partial charge in [0.1, 0.15) is 18.2 Å². The third kappa shape index (κ3) is 2.38. The molecule has 7 heteroatoms. The van der Waals surface area contributed by atoms with E-state index in [4.69, 9.17) is 4.74 Å². The van der Waals surface area contributed by atoms with Crippen LogP contribution in [0.15, 0.2) is 22.8 Å². The Morgan fingerprint density at radius 1 is 1.18 bits per heavy atom. The van der Waals surface area contributed by atoms with Gasteiger partial charge in [-0.1, -0.05) is 25.5 Å². The Balaban J connectivity index is 1.65. The molecule has 1 spiro atoms. The second kappa shape index (κ2) is 5.63. The van der Waals surface area contributed by atoms with E-state index in [0.717, 1.165) is 10.5 Å². The molecule has 0 aromatic rings. The van der Waals surface area contributed by atoms with Crippen molar-refractivity contribution in [1.29, 1.82) is 0 Å². The molecule has 150 valence electrons. The van der Waals surface area contributed by atoms with Crippen molar-refractivity contribution in [2.75, 3.05) is 6.54 Å². The highest BCUT2D eigenvalue weighted by Crippen LogP contribution is 2.65. The first-order chi connectivity index (χ1) is 12.9. The SMILES string of the molecule is CC1=C2C(=CC(C)(C)[C@@H]2OC(=O)CN2C(=O)CCC2=O)C(=O)[C@](C)(O)C12CC2. The third-order valence-electron chi connectivity index (χ3n) is 6.93. The first-order valence-corrected chi connectivity index (χ1v) is 9.67. The summed E-state index contributed by atoms with van der Waals surface area (Å²) in [6, 6.07) is 0. The van der Waals surface area contributed by atoms with Gasteiger partial charge in [0.2, 0.25) is 11.8 Å². The molecular weight excluding hydrogens is 362 g/mol. The summed E-state index contributed by atoms with van der Waals surface area (Å²) >= 11 is 0. The first kappa shape index (κ1) is 19.1. The number of hydrogen-bond acceptors (Lipinski definition) is 6. The second-order valence-electron chi connectivity index (χ2n) is 9.15. The smallest absolute Gasteiger partial charge is 0.326 e. The van der Waals surface area contributed by atoms with Gasteiger partial charge in [-0.2, -0.15) is 0 Å². The van der Waals surface area contributed by atoms with E-state index in [0.29, 0.717) is 24.0 Å². The monoisotopic (exact) mass is 387 g/mol. The lowest BCUT2D eigenvalue weighted by atomic mass is 9.67. The Bertz CT molecular complexity index is 871. The summed E-state index contributed by atoms with van der Waals surface area (Å²) in [4.78, 5) is 50.1. The molecule has 2 atom stereocenters. The van der Waals surface area contributed by atoms with E-state index in [1.54, 1.807) is 13.0 Å². The average Bonchev–Trinajstić information content (AvgIpc) is 3.31. The molecule has 0 aromatic heterocycles. The van der Waals surface area contributed by atoms with Crippen LogP contribution in [0, 0.1) is 10.8 Å². The van der Waals surface area contributed by atoms with E-state index in [2.05, 4.69) is 0 Å². The Morgan fingerprint density at radius 3 is 2.29 bits per heavy atom. The Morgan fingerprint density at radius 2 is 1.75 bits per heavy atom. The maximum absolute atomic E-state index is 13.0. The van der Waals surface area contributed by atoms with Crippen molar-refractivity contribution < 1.29 is 29.0 Å². The molecule has 2 fully saturated rings. The number of hydrogen-bond donors (Lipinski definition) is 1. The lowest BCUT2D eigenvalue weighted by molar-refractivity contribution is -0.157. The number of carbonyl (C=O) groups excluding carboxylic acids is 4. The molecule has 4 rings (SSSR count). The fraction of sp³-hybridized carbons (Fsp3) is 0.619. The average molecular weight is 387 g/mol. The second-order valence-corrected chi connectivity index (χ2v) is 9.15. The minimum atomic E-state index is -1.46. The number of fused-ring (bicyclic) bond motifs is 1. The molecule has 7 nitrogen and oxygen atoms in total. The van der Waals surface area contributed by atoms with Gasteiger partial charge >= 0.3 is 5.97 Å². The van der Waals surface area contributed by atoms with Crippen molar-refractivity contribution in [3.63, 3.8) is 0 Å². The van der Waals surface area contributed by atoms with Gasteiger partial charge in [0.25, 0.3) is 0 Å². The summed E-state index contributed by atoms with van der Waals surface area (Å²) in [7, 11) is 0. The van der Waals surface area contributed by atoms with Gasteiger partial charge < -0.3 is 9.84 Å². The lowest BCUT2D eigenvalue weighted by Crippen LogP contribution is -2.50. The van der Waals surface area contributed by atoms with Gasteiger partial charge in [0, 0.05) is 34.8 Å². The van der Waals surface area contributed by atoms with Gasteiger partial charge in [-0.25, -0.2) is 0 Å². The molecule has 3 aliphatic carbocycles. The molecule has 0 bridgehead atoms. The predicted molar refractivity (Wildman–Crippen MR) is 97.7 cm³/mol. The van der Waals surface area contributed by atoms with Crippen molar-refractivity contribution in [1.82, 2.24) is 4.90 Å². The number of likely N-dealkylation sites (tertiary alicyclic amines) is 1. The van der Waals surface area contributed by atoms with Gasteiger partial charge in [-0.05, 0) is 26.7 Å².